The third kappa shape index (κ3) is 5.67. The molecule has 0 spiro atoms. The molecule has 3 rings (SSSR count). The molecule has 1 aromatic heterocycles. The van der Waals surface area contributed by atoms with Crippen molar-refractivity contribution in [2.24, 2.45) is 0 Å². The first-order valence-electron chi connectivity index (χ1n) is 8.46. The lowest BCUT2D eigenvalue weighted by Crippen LogP contribution is -2.31. The molecule has 0 aliphatic rings. The minimum absolute atomic E-state index is 0.0332. The number of carbonyl (C=O) groups is 1. The highest BCUT2D eigenvalue weighted by atomic mass is 32.2. The van der Waals surface area contributed by atoms with Gasteiger partial charge in [0.1, 0.15) is 0 Å². The highest BCUT2D eigenvalue weighted by molar-refractivity contribution is 8.01. The number of hydrogen-bond acceptors (Lipinski definition) is 6. The van der Waals surface area contributed by atoms with Gasteiger partial charge in [0.15, 0.2) is 4.34 Å². The average molecular weight is 397 g/mol. The Balaban J connectivity index is 1.67. The molecule has 7 heteroatoms. The number of nitrogens with zero attached hydrogens (tertiary/aromatic N) is 3. The maximum absolute atomic E-state index is 12.9. The lowest BCUT2D eigenvalue weighted by molar-refractivity contribution is -0.116. The van der Waals surface area contributed by atoms with Crippen molar-refractivity contribution in [1.29, 1.82) is 0 Å². The molecule has 0 aliphatic heterocycles. The fourth-order valence-corrected chi connectivity index (χ4v) is 4.03. The molecular formula is C20H20N4OS2. The Morgan fingerprint density at radius 2 is 1.81 bits per heavy atom. The highest BCUT2D eigenvalue weighted by Crippen LogP contribution is 2.26. The third-order valence-electron chi connectivity index (χ3n) is 3.68. The number of hydrogen-bond donors (Lipinski definition) is 1. The van der Waals surface area contributed by atoms with Crippen LogP contribution in [0.4, 0.5) is 10.8 Å². The molecule has 1 N–H and O–H groups in total. The highest BCUT2D eigenvalue weighted by Gasteiger charge is 2.17. The van der Waals surface area contributed by atoms with Crippen LogP contribution < -0.4 is 10.2 Å². The molecule has 0 atom stereocenters. The van der Waals surface area contributed by atoms with Crippen LogP contribution in [0.25, 0.3) is 0 Å². The van der Waals surface area contributed by atoms with E-state index in [2.05, 4.69) is 22.1 Å². The molecule has 0 saturated heterocycles. The molecule has 0 radical (unpaired) electrons. The number of para-hydroxylation sites is 1. The van der Waals surface area contributed by atoms with E-state index in [4.69, 9.17) is 0 Å². The summed E-state index contributed by atoms with van der Waals surface area (Å²) in [7, 11) is 0. The van der Waals surface area contributed by atoms with E-state index in [1.807, 2.05) is 60.7 Å². The van der Waals surface area contributed by atoms with Crippen LogP contribution in [0, 0.1) is 0 Å². The summed E-state index contributed by atoms with van der Waals surface area (Å²) >= 11 is 2.84. The molecule has 0 fully saturated rings. The third-order valence-corrected chi connectivity index (χ3v) is 5.67. The second-order valence-corrected chi connectivity index (χ2v) is 7.83. The van der Waals surface area contributed by atoms with E-state index in [0.29, 0.717) is 18.8 Å². The predicted octanol–water partition coefficient (Wildman–Crippen LogP) is 4.46. The zero-order valence-corrected chi connectivity index (χ0v) is 16.4. The Morgan fingerprint density at radius 3 is 2.52 bits per heavy atom. The smallest absolute Gasteiger partial charge is 0.237 e. The minimum Gasteiger partial charge on any atom is -0.357 e. The topological polar surface area (TPSA) is 58.1 Å². The number of carbonyl (C=O) groups excluding carboxylic acids is 1. The molecule has 27 heavy (non-hydrogen) atoms. The normalized spacial score (nSPS) is 10.4. The van der Waals surface area contributed by atoms with E-state index < -0.39 is 0 Å². The zero-order chi connectivity index (χ0) is 18.9. The van der Waals surface area contributed by atoms with Crippen molar-refractivity contribution in [1.82, 2.24) is 10.2 Å². The minimum atomic E-state index is 0.0332. The van der Waals surface area contributed by atoms with Gasteiger partial charge in [-0.25, -0.2) is 0 Å². The molecule has 0 unspecified atom stereocenters. The number of rotatable bonds is 9. The summed E-state index contributed by atoms with van der Waals surface area (Å²) in [5.74, 6) is 0.337. The molecular weight excluding hydrogens is 376 g/mol. The van der Waals surface area contributed by atoms with E-state index in [0.717, 1.165) is 20.7 Å². The fourth-order valence-electron chi connectivity index (χ4n) is 2.40. The van der Waals surface area contributed by atoms with Crippen molar-refractivity contribution in [3.05, 3.63) is 78.9 Å². The number of amides is 1. The second kappa shape index (κ2) is 9.89. The molecule has 5 nitrogen and oxygen atoms in total. The van der Waals surface area contributed by atoms with Crippen LogP contribution in [0.15, 0.2) is 77.7 Å². The number of aromatic nitrogens is 2. The molecule has 0 bridgehead atoms. The standard InChI is InChI=1S/C20H20N4OS2/c1-2-13-21-19-22-23-20(27-19)26-15-18(25)24(17-11-7-4-8-12-17)14-16-9-5-3-6-10-16/h2-12H,1,13-15H2,(H,21,22). The van der Waals surface area contributed by atoms with Crippen LogP contribution in [0.1, 0.15) is 5.56 Å². The maximum Gasteiger partial charge on any atom is 0.237 e. The van der Waals surface area contributed by atoms with Gasteiger partial charge in [-0.2, -0.15) is 0 Å². The van der Waals surface area contributed by atoms with Crippen molar-refractivity contribution >= 4 is 39.8 Å². The molecule has 2 aromatic carbocycles. The Kier molecular flexibility index (Phi) is 7.01. The molecule has 1 amide bonds. The van der Waals surface area contributed by atoms with Gasteiger partial charge in [-0.15, -0.1) is 16.8 Å². The lowest BCUT2D eigenvalue weighted by Gasteiger charge is -2.22. The molecule has 0 aliphatic carbocycles. The summed E-state index contributed by atoms with van der Waals surface area (Å²) in [6.07, 6.45) is 1.76. The second-order valence-electron chi connectivity index (χ2n) is 5.63. The van der Waals surface area contributed by atoms with E-state index in [1.165, 1.54) is 23.1 Å². The number of anilines is 2. The van der Waals surface area contributed by atoms with Crippen LogP contribution in [0.2, 0.25) is 0 Å². The summed E-state index contributed by atoms with van der Waals surface area (Å²) in [4.78, 5) is 14.7. The van der Waals surface area contributed by atoms with Crippen molar-refractivity contribution in [2.75, 3.05) is 22.5 Å². The van der Waals surface area contributed by atoms with Crippen LogP contribution >= 0.6 is 23.1 Å². The Hall–Kier alpha value is -2.64. The van der Waals surface area contributed by atoms with Gasteiger partial charge in [0.25, 0.3) is 0 Å². The fraction of sp³-hybridized carbons (Fsp3) is 0.150. The summed E-state index contributed by atoms with van der Waals surface area (Å²) in [5, 5.41) is 12.0. The first-order valence-corrected chi connectivity index (χ1v) is 10.3. The van der Waals surface area contributed by atoms with Gasteiger partial charge in [0.05, 0.1) is 12.3 Å². The van der Waals surface area contributed by atoms with Gasteiger partial charge in [0.2, 0.25) is 11.0 Å². The summed E-state index contributed by atoms with van der Waals surface area (Å²) in [6, 6.07) is 19.7. The van der Waals surface area contributed by atoms with Crippen molar-refractivity contribution < 1.29 is 4.79 Å². The van der Waals surface area contributed by atoms with E-state index >= 15 is 0 Å². The van der Waals surface area contributed by atoms with Gasteiger partial charge in [-0.3, -0.25) is 4.79 Å². The van der Waals surface area contributed by atoms with Gasteiger partial charge in [-0.05, 0) is 17.7 Å². The Bertz CT molecular complexity index is 868. The zero-order valence-electron chi connectivity index (χ0n) is 14.7. The quantitative estimate of drug-likeness (QED) is 0.427. The van der Waals surface area contributed by atoms with Crippen molar-refractivity contribution in [3.8, 4) is 0 Å². The SMILES string of the molecule is C=CCNc1nnc(SCC(=O)N(Cc2ccccc2)c2ccccc2)s1. The van der Waals surface area contributed by atoms with Gasteiger partial charge < -0.3 is 10.2 Å². The van der Waals surface area contributed by atoms with E-state index in [-0.39, 0.29) is 5.91 Å². The largest absolute Gasteiger partial charge is 0.357 e. The summed E-state index contributed by atoms with van der Waals surface area (Å²) in [5.41, 5.74) is 1.98. The van der Waals surface area contributed by atoms with Gasteiger partial charge in [-0.1, -0.05) is 77.7 Å². The molecule has 0 saturated carbocycles. The molecule has 3 aromatic rings. The van der Waals surface area contributed by atoms with Crippen molar-refractivity contribution in [3.63, 3.8) is 0 Å². The van der Waals surface area contributed by atoms with Crippen LogP contribution in [-0.4, -0.2) is 28.4 Å². The molecule has 1 heterocycles. The van der Waals surface area contributed by atoms with Crippen molar-refractivity contribution in [2.45, 2.75) is 10.9 Å². The predicted molar refractivity (Wildman–Crippen MR) is 113 cm³/mol. The lowest BCUT2D eigenvalue weighted by atomic mass is 10.2. The first kappa shape index (κ1) is 19.1. The number of thioether (sulfide) groups is 1. The van der Waals surface area contributed by atoms with Gasteiger partial charge in [0, 0.05) is 12.2 Å². The molecule has 138 valence electrons. The number of nitrogens with one attached hydrogen (secondary N) is 1. The van der Waals surface area contributed by atoms with Crippen LogP contribution in [0.5, 0.6) is 0 Å². The number of benzene rings is 2. The van der Waals surface area contributed by atoms with Gasteiger partial charge >= 0.3 is 0 Å². The monoisotopic (exact) mass is 396 g/mol. The average Bonchev–Trinajstić information content (AvgIpc) is 3.18. The van der Waals surface area contributed by atoms with Crippen LogP contribution in [0.3, 0.4) is 0 Å². The first-order chi connectivity index (χ1) is 13.3. The maximum atomic E-state index is 12.9. The Labute approximate surface area is 167 Å². The van der Waals surface area contributed by atoms with E-state index in [1.54, 1.807) is 11.0 Å². The van der Waals surface area contributed by atoms with Crippen LogP contribution in [-0.2, 0) is 11.3 Å². The summed E-state index contributed by atoms with van der Waals surface area (Å²) in [6.45, 7) is 4.83. The Morgan fingerprint density at radius 1 is 1.11 bits per heavy atom. The summed E-state index contributed by atoms with van der Waals surface area (Å²) < 4.78 is 0.766. The van der Waals surface area contributed by atoms with E-state index in [9.17, 15) is 4.79 Å².